The van der Waals surface area contributed by atoms with Crippen LogP contribution in [-0.4, -0.2) is 0 Å². The number of hydrogen-bond donors (Lipinski definition) is 0. The van der Waals surface area contributed by atoms with Gasteiger partial charge in [0.1, 0.15) is 0 Å². The fraction of sp³-hybridized carbons (Fsp3) is 0.158. The van der Waals surface area contributed by atoms with E-state index in [0.717, 1.165) is 11.4 Å². The normalized spacial score (nSPS) is 21.6. The molecule has 0 fully saturated rings. The molecule has 0 aromatic heterocycles. The molecule has 1 aliphatic carbocycles. The van der Waals surface area contributed by atoms with E-state index in [-0.39, 0.29) is 5.41 Å². The Kier molecular flexibility index (Phi) is 3.50. The molecule has 0 saturated carbocycles. The van der Waals surface area contributed by atoms with Crippen molar-refractivity contribution in [1.82, 2.24) is 0 Å². The monoisotopic (exact) mass is 280 g/mol. The summed E-state index contributed by atoms with van der Waals surface area (Å²) in [4.78, 5) is 0. The van der Waals surface area contributed by atoms with Crippen LogP contribution in [0.15, 0.2) is 72.8 Å². The van der Waals surface area contributed by atoms with Gasteiger partial charge in [-0.05, 0) is 35.3 Å². The first-order chi connectivity index (χ1) is 9.67. The van der Waals surface area contributed by atoms with Gasteiger partial charge in [0.2, 0.25) is 0 Å². The molecule has 1 heteroatoms. The summed E-state index contributed by atoms with van der Waals surface area (Å²) < 4.78 is 0. The summed E-state index contributed by atoms with van der Waals surface area (Å²) >= 11 is 5.97. The van der Waals surface area contributed by atoms with Crippen molar-refractivity contribution in [3.8, 4) is 0 Å². The smallest absolute Gasteiger partial charge is 0.0406 e. The summed E-state index contributed by atoms with van der Waals surface area (Å²) in [5.41, 5.74) is 4.03. The number of halogens is 1. The van der Waals surface area contributed by atoms with Gasteiger partial charge in [0.25, 0.3) is 0 Å². The van der Waals surface area contributed by atoms with Crippen LogP contribution in [0.2, 0.25) is 5.02 Å². The van der Waals surface area contributed by atoms with Gasteiger partial charge in [-0.15, -0.1) is 0 Å². The SMILES string of the molecule is CC1(c2ccccc2)C=CC=C(c2ccc(Cl)cc2)C1. The summed E-state index contributed by atoms with van der Waals surface area (Å²) in [6.45, 7) is 2.29. The van der Waals surface area contributed by atoms with E-state index < -0.39 is 0 Å². The van der Waals surface area contributed by atoms with Gasteiger partial charge in [-0.1, -0.05) is 79.2 Å². The fourth-order valence-corrected chi connectivity index (χ4v) is 2.90. The predicted molar refractivity (Wildman–Crippen MR) is 87.0 cm³/mol. The van der Waals surface area contributed by atoms with E-state index in [9.17, 15) is 0 Å². The first kappa shape index (κ1) is 13.2. The van der Waals surface area contributed by atoms with E-state index in [0.29, 0.717) is 0 Å². The number of benzene rings is 2. The van der Waals surface area contributed by atoms with E-state index in [1.807, 2.05) is 12.1 Å². The Balaban J connectivity index is 1.92. The lowest BCUT2D eigenvalue weighted by molar-refractivity contribution is 0.609. The Morgan fingerprint density at radius 3 is 2.35 bits per heavy atom. The third-order valence-corrected chi connectivity index (χ3v) is 4.22. The minimum atomic E-state index is 0.0605. The van der Waals surface area contributed by atoms with Gasteiger partial charge in [-0.3, -0.25) is 0 Å². The van der Waals surface area contributed by atoms with Crippen molar-refractivity contribution in [2.24, 2.45) is 0 Å². The van der Waals surface area contributed by atoms with Crippen molar-refractivity contribution in [2.45, 2.75) is 18.8 Å². The molecule has 2 aromatic rings. The molecule has 1 unspecified atom stereocenters. The highest BCUT2D eigenvalue weighted by Gasteiger charge is 2.26. The highest BCUT2D eigenvalue weighted by molar-refractivity contribution is 6.30. The highest BCUT2D eigenvalue weighted by Crippen LogP contribution is 2.38. The maximum atomic E-state index is 5.97. The van der Waals surface area contributed by atoms with Gasteiger partial charge in [-0.25, -0.2) is 0 Å². The molecule has 0 nitrogen and oxygen atoms in total. The zero-order valence-corrected chi connectivity index (χ0v) is 12.3. The van der Waals surface area contributed by atoms with Crippen LogP contribution in [0.4, 0.5) is 0 Å². The zero-order chi connectivity index (χ0) is 14.0. The molecule has 0 amide bonds. The Hall–Kier alpha value is -1.79. The molecule has 100 valence electrons. The van der Waals surface area contributed by atoms with Crippen molar-refractivity contribution in [2.75, 3.05) is 0 Å². The first-order valence-corrected chi connectivity index (χ1v) is 7.25. The molecule has 0 spiro atoms. The lowest BCUT2D eigenvalue weighted by atomic mass is 9.73. The van der Waals surface area contributed by atoms with Crippen molar-refractivity contribution in [3.63, 3.8) is 0 Å². The maximum absolute atomic E-state index is 5.97. The third kappa shape index (κ3) is 2.57. The second kappa shape index (κ2) is 5.30. The zero-order valence-electron chi connectivity index (χ0n) is 11.5. The summed E-state index contributed by atoms with van der Waals surface area (Å²) in [5.74, 6) is 0. The Morgan fingerprint density at radius 1 is 0.950 bits per heavy atom. The molecule has 0 N–H and O–H groups in total. The van der Waals surface area contributed by atoms with Gasteiger partial charge >= 0.3 is 0 Å². The molecule has 2 aromatic carbocycles. The maximum Gasteiger partial charge on any atom is 0.0406 e. The summed E-state index contributed by atoms with van der Waals surface area (Å²) in [6.07, 6.45) is 7.67. The van der Waals surface area contributed by atoms with E-state index in [2.05, 4.69) is 67.6 Å². The van der Waals surface area contributed by atoms with Crippen LogP contribution in [0.5, 0.6) is 0 Å². The second-order valence-corrected chi connectivity index (χ2v) is 5.95. The van der Waals surface area contributed by atoms with Crippen molar-refractivity contribution >= 4 is 17.2 Å². The average Bonchev–Trinajstić information content (AvgIpc) is 2.49. The first-order valence-electron chi connectivity index (χ1n) is 6.87. The van der Waals surface area contributed by atoms with Crippen LogP contribution in [0.1, 0.15) is 24.5 Å². The van der Waals surface area contributed by atoms with Gasteiger partial charge < -0.3 is 0 Å². The van der Waals surface area contributed by atoms with Crippen LogP contribution < -0.4 is 0 Å². The molecule has 0 radical (unpaired) electrons. The van der Waals surface area contributed by atoms with Gasteiger partial charge in [0.05, 0.1) is 0 Å². The van der Waals surface area contributed by atoms with Crippen LogP contribution in [0, 0.1) is 0 Å². The van der Waals surface area contributed by atoms with Crippen LogP contribution in [0.25, 0.3) is 5.57 Å². The minimum absolute atomic E-state index is 0.0605. The number of hydrogen-bond acceptors (Lipinski definition) is 0. The van der Waals surface area contributed by atoms with E-state index >= 15 is 0 Å². The fourth-order valence-electron chi connectivity index (χ4n) is 2.77. The molecular formula is C19H17Cl. The van der Waals surface area contributed by atoms with E-state index in [4.69, 9.17) is 11.6 Å². The third-order valence-electron chi connectivity index (χ3n) is 3.97. The summed E-state index contributed by atoms with van der Waals surface area (Å²) in [7, 11) is 0. The second-order valence-electron chi connectivity index (χ2n) is 5.52. The quantitative estimate of drug-likeness (QED) is 0.668. The number of allylic oxidation sites excluding steroid dienone is 4. The lowest BCUT2D eigenvalue weighted by Gasteiger charge is -2.30. The van der Waals surface area contributed by atoms with E-state index in [1.54, 1.807) is 0 Å². The Morgan fingerprint density at radius 2 is 1.65 bits per heavy atom. The average molecular weight is 281 g/mol. The lowest BCUT2D eigenvalue weighted by Crippen LogP contribution is -2.21. The largest absolute Gasteiger partial charge is 0.0843 e. The molecule has 3 rings (SSSR count). The van der Waals surface area contributed by atoms with Crippen LogP contribution in [0.3, 0.4) is 0 Å². The number of rotatable bonds is 2. The molecule has 1 aliphatic rings. The molecule has 0 saturated heterocycles. The predicted octanol–water partition coefficient (Wildman–Crippen LogP) is 5.64. The summed E-state index contributed by atoms with van der Waals surface area (Å²) in [6, 6.07) is 18.8. The molecule has 0 aliphatic heterocycles. The molecular weight excluding hydrogens is 264 g/mol. The van der Waals surface area contributed by atoms with Gasteiger partial charge in [-0.2, -0.15) is 0 Å². The summed E-state index contributed by atoms with van der Waals surface area (Å²) in [5, 5.41) is 0.784. The molecule has 0 bridgehead atoms. The molecule has 0 heterocycles. The van der Waals surface area contributed by atoms with Crippen molar-refractivity contribution in [3.05, 3.63) is 89.0 Å². The van der Waals surface area contributed by atoms with Crippen molar-refractivity contribution in [1.29, 1.82) is 0 Å². The van der Waals surface area contributed by atoms with Crippen molar-refractivity contribution < 1.29 is 0 Å². The Bertz CT molecular complexity index is 650. The molecule has 1 atom stereocenters. The molecule has 20 heavy (non-hydrogen) atoms. The van der Waals surface area contributed by atoms with E-state index in [1.165, 1.54) is 16.7 Å². The van der Waals surface area contributed by atoms with Crippen LogP contribution >= 0.6 is 11.6 Å². The van der Waals surface area contributed by atoms with Crippen LogP contribution in [-0.2, 0) is 5.41 Å². The Labute approximate surface area is 125 Å². The topological polar surface area (TPSA) is 0 Å². The minimum Gasteiger partial charge on any atom is -0.0843 e. The van der Waals surface area contributed by atoms with Gasteiger partial charge in [0.15, 0.2) is 0 Å². The highest BCUT2D eigenvalue weighted by atomic mass is 35.5. The standard InChI is InChI=1S/C19H17Cl/c1-19(17-7-3-2-4-8-17)13-5-6-16(14-19)15-9-11-18(20)12-10-15/h2-13H,14H2,1H3. The van der Waals surface area contributed by atoms with Gasteiger partial charge in [0, 0.05) is 10.4 Å².